The number of hydrogen-bond acceptors (Lipinski definition) is 6. The van der Waals surface area contributed by atoms with Gasteiger partial charge in [0, 0.05) is 38.5 Å². The Bertz CT molecular complexity index is 1030. The molecule has 0 radical (unpaired) electrons. The van der Waals surface area contributed by atoms with Crippen LogP contribution < -0.4 is 15.4 Å². The van der Waals surface area contributed by atoms with Crippen molar-refractivity contribution in [2.45, 2.75) is 19.8 Å². The highest BCUT2D eigenvalue weighted by molar-refractivity contribution is 6.21. The standard InChI is InChI=1S/C23H23N3O6/c1-15(27)32-17-7-4-6-16(14-17)21(29)25-12-5-11-24-20(28)10-13-26-22(30)18-8-2-3-9-19(18)23(26)31/h2-4,6-9,14H,5,10-13H2,1H3,(H,24,28)(H,25,29). The Labute approximate surface area is 184 Å². The number of ether oxygens (including phenoxy) is 1. The molecule has 0 saturated heterocycles. The van der Waals surface area contributed by atoms with E-state index >= 15 is 0 Å². The molecule has 3 rings (SSSR count). The summed E-state index contributed by atoms with van der Waals surface area (Å²) in [5.41, 5.74) is 1.06. The SMILES string of the molecule is CC(=O)Oc1cccc(C(=O)NCCCNC(=O)CCN2C(=O)c3ccccc3C2=O)c1. The molecule has 1 aliphatic rings. The molecule has 0 saturated carbocycles. The van der Waals surface area contributed by atoms with Crippen molar-refractivity contribution in [1.29, 1.82) is 0 Å². The molecule has 0 unspecified atom stereocenters. The highest BCUT2D eigenvalue weighted by Gasteiger charge is 2.34. The largest absolute Gasteiger partial charge is 0.427 e. The third-order valence-corrected chi connectivity index (χ3v) is 4.76. The Hall–Kier alpha value is -4.01. The Morgan fingerprint density at radius 3 is 2.22 bits per heavy atom. The number of amides is 4. The van der Waals surface area contributed by atoms with Crippen molar-refractivity contribution >= 4 is 29.6 Å². The summed E-state index contributed by atoms with van der Waals surface area (Å²) in [6.07, 6.45) is 0.495. The molecule has 1 aliphatic heterocycles. The molecule has 0 bridgehead atoms. The van der Waals surface area contributed by atoms with Crippen LogP contribution in [-0.2, 0) is 9.59 Å². The van der Waals surface area contributed by atoms with Crippen molar-refractivity contribution in [1.82, 2.24) is 15.5 Å². The number of carbonyl (C=O) groups excluding carboxylic acids is 5. The fraction of sp³-hybridized carbons (Fsp3) is 0.261. The molecule has 0 aromatic heterocycles. The van der Waals surface area contributed by atoms with Crippen molar-refractivity contribution < 1.29 is 28.7 Å². The lowest BCUT2D eigenvalue weighted by Crippen LogP contribution is -2.35. The fourth-order valence-electron chi connectivity index (χ4n) is 3.23. The van der Waals surface area contributed by atoms with E-state index in [0.717, 1.165) is 4.90 Å². The van der Waals surface area contributed by atoms with Gasteiger partial charge in [0.15, 0.2) is 0 Å². The average molecular weight is 437 g/mol. The first-order valence-corrected chi connectivity index (χ1v) is 10.2. The topological polar surface area (TPSA) is 122 Å². The number of imide groups is 1. The minimum absolute atomic E-state index is 0.000763. The third kappa shape index (κ3) is 5.57. The molecule has 2 aromatic carbocycles. The quantitative estimate of drug-likeness (QED) is 0.266. The molecule has 0 fully saturated rings. The van der Waals surface area contributed by atoms with E-state index in [4.69, 9.17) is 4.74 Å². The van der Waals surface area contributed by atoms with Crippen LogP contribution in [0.2, 0.25) is 0 Å². The van der Waals surface area contributed by atoms with Crippen molar-refractivity contribution in [3.63, 3.8) is 0 Å². The van der Waals surface area contributed by atoms with Crippen LogP contribution in [0.25, 0.3) is 0 Å². The van der Waals surface area contributed by atoms with Crippen LogP contribution in [-0.4, -0.2) is 54.1 Å². The van der Waals surface area contributed by atoms with E-state index in [2.05, 4.69) is 10.6 Å². The maximum absolute atomic E-state index is 12.3. The van der Waals surface area contributed by atoms with Gasteiger partial charge in [0.1, 0.15) is 5.75 Å². The van der Waals surface area contributed by atoms with Crippen LogP contribution in [0.4, 0.5) is 0 Å². The van der Waals surface area contributed by atoms with E-state index in [1.165, 1.54) is 13.0 Å². The molecule has 4 amide bonds. The number of nitrogens with one attached hydrogen (secondary N) is 2. The summed E-state index contributed by atoms with van der Waals surface area (Å²) >= 11 is 0. The van der Waals surface area contributed by atoms with Crippen molar-refractivity contribution in [3.8, 4) is 5.75 Å². The van der Waals surface area contributed by atoms with Gasteiger partial charge in [0.05, 0.1) is 11.1 Å². The Kier molecular flexibility index (Phi) is 7.33. The number of esters is 1. The van der Waals surface area contributed by atoms with Gasteiger partial charge in [-0.2, -0.15) is 0 Å². The maximum atomic E-state index is 12.3. The van der Waals surface area contributed by atoms with Gasteiger partial charge in [0.25, 0.3) is 17.7 Å². The van der Waals surface area contributed by atoms with Gasteiger partial charge in [-0.05, 0) is 36.8 Å². The van der Waals surface area contributed by atoms with Crippen molar-refractivity contribution in [3.05, 3.63) is 65.2 Å². The number of benzene rings is 2. The molecule has 0 spiro atoms. The maximum Gasteiger partial charge on any atom is 0.308 e. The predicted molar refractivity (Wildman–Crippen MR) is 114 cm³/mol. The molecular weight excluding hydrogens is 414 g/mol. The molecular formula is C23H23N3O6. The summed E-state index contributed by atoms with van der Waals surface area (Å²) in [5, 5.41) is 5.43. The summed E-state index contributed by atoms with van der Waals surface area (Å²) in [6.45, 7) is 1.94. The molecule has 9 nitrogen and oxygen atoms in total. The molecule has 1 heterocycles. The summed E-state index contributed by atoms with van der Waals surface area (Å²) < 4.78 is 4.95. The molecule has 2 aromatic rings. The summed E-state index contributed by atoms with van der Waals surface area (Å²) in [7, 11) is 0. The number of fused-ring (bicyclic) bond motifs is 1. The van der Waals surface area contributed by atoms with Crippen LogP contribution in [0.15, 0.2) is 48.5 Å². The highest BCUT2D eigenvalue weighted by atomic mass is 16.5. The molecule has 0 atom stereocenters. The van der Waals surface area contributed by atoms with Crippen LogP contribution in [0.5, 0.6) is 5.75 Å². The first-order chi connectivity index (χ1) is 15.4. The van der Waals surface area contributed by atoms with Crippen LogP contribution in [0.3, 0.4) is 0 Å². The average Bonchev–Trinajstić information content (AvgIpc) is 3.01. The van der Waals surface area contributed by atoms with Gasteiger partial charge in [0.2, 0.25) is 5.91 Å². The first kappa shape index (κ1) is 22.7. The minimum atomic E-state index is -0.471. The summed E-state index contributed by atoms with van der Waals surface area (Å²) in [4.78, 5) is 60.9. The second-order valence-corrected chi connectivity index (χ2v) is 7.14. The zero-order chi connectivity index (χ0) is 23.1. The second kappa shape index (κ2) is 10.3. The molecule has 9 heteroatoms. The van der Waals surface area contributed by atoms with Crippen molar-refractivity contribution in [2.75, 3.05) is 19.6 Å². The van der Waals surface area contributed by atoms with Crippen LogP contribution in [0, 0.1) is 0 Å². The summed E-state index contributed by atoms with van der Waals surface area (Å²) in [5.74, 6) is -1.58. The zero-order valence-corrected chi connectivity index (χ0v) is 17.6. The van der Waals surface area contributed by atoms with Crippen LogP contribution >= 0.6 is 0 Å². The van der Waals surface area contributed by atoms with Crippen LogP contribution in [0.1, 0.15) is 50.8 Å². The monoisotopic (exact) mass is 437 g/mol. The molecule has 32 heavy (non-hydrogen) atoms. The van der Waals surface area contributed by atoms with Gasteiger partial charge in [-0.1, -0.05) is 18.2 Å². The number of rotatable bonds is 9. The zero-order valence-electron chi connectivity index (χ0n) is 17.6. The highest BCUT2D eigenvalue weighted by Crippen LogP contribution is 2.22. The van der Waals surface area contributed by atoms with E-state index in [0.29, 0.717) is 36.2 Å². The van der Waals surface area contributed by atoms with E-state index in [1.807, 2.05) is 0 Å². The lowest BCUT2D eigenvalue weighted by Gasteiger charge is -2.13. The first-order valence-electron chi connectivity index (χ1n) is 10.2. The van der Waals surface area contributed by atoms with E-state index in [1.54, 1.807) is 42.5 Å². The smallest absolute Gasteiger partial charge is 0.308 e. The lowest BCUT2D eigenvalue weighted by atomic mass is 10.1. The lowest BCUT2D eigenvalue weighted by molar-refractivity contribution is -0.131. The number of nitrogens with zero attached hydrogens (tertiary/aromatic N) is 1. The van der Waals surface area contributed by atoms with Gasteiger partial charge >= 0.3 is 5.97 Å². The molecule has 2 N–H and O–H groups in total. The fourth-order valence-corrected chi connectivity index (χ4v) is 3.23. The van der Waals surface area contributed by atoms with E-state index in [9.17, 15) is 24.0 Å². The van der Waals surface area contributed by atoms with Gasteiger partial charge in [-0.3, -0.25) is 28.9 Å². The Balaban J connectivity index is 1.35. The Morgan fingerprint density at radius 1 is 0.906 bits per heavy atom. The minimum Gasteiger partial charge on any atom is -0.427 e. The predicted octanol–water partition coefficient (Wildman–Crippen LogP) is 1.53. The van der Waals surface area contributed by atoms with E-state index in [-0.39, 0.29) is 42.3 Å². The summed E-state index contributed by atoms with van der Waals surface area (Å²) in [6, 6.07) is 12.8. The molecule has 0 aliphatic carbocycles. The Morgan fingerprint density at radius 2 is 1.56 bits per heavy atom. The van der Waals surface area contributed by atoms with E-state index < -0.39 is 5.97 Å². The van der Waals surface area contributed by atoms with Gasteiger partial charge in [-0.15, -0.1) is 0 Å². The van der Waals surface area contributed by atoms with Gasteiger partial charge in [-0.25, -0.2) is 0 Å². The third-order valence-electron chi connectivity index (χ3n) is 4.76. The second-order valence-electron chi connectivity index (χ2n) is 7.14. The molecule has 166 valence electrons. The van der Waals surface area contributed by atoms with Crippen molar-refractivity contribution in [2.24, 2.45) is 0 Å². The number of hydrogen-bond donors (Lipinski definition) is 2. The normalized spacial score (nSPS) is 12.3. The number of carbonyl (C=O) groups is 5. The van der Waals surface area contributed by atoms with Gasteiger partial charge < -0.3 is 15.4 Å².